The van der Waals surface area contributed by atoms with Gasteiger partial charge in [0.05, 0.1) is 6.04 Å². The highest BCUT2D eigenvalue weighted by molar-refractivity contribution is 5.35. The highest BCUT2D eigenvalue weighted by Crippen LogP contribution is 2.40. The van der Waals surface area contributed by atoms with Crippen molar-refractivity contribution in [2.24, 2.45) is 5.92 Å². The molecule has 1 atom stereocenters. The Morgan fingerprint density at radius 3 is 2.56 bits per heavy atom. The van der Waals surface area contributed by atoms with Crippen LogP contribution in [0.3, 0.4) is 0 Å². The monoisotopic (exact) mass is 223 g/mol. The Labute approximate surface area is 96.6 Å². The number of nitrogens with two attached hydrogens (primary N) is 1. The van der Waals surface area contributed by atoms with Crippen LogP contribution < -0.4 is 10.6 Å². The summed E-state index contributed by atoms with van der Waals surface area (Å²) in [7, 11) is 0. The van der Waals surface area contributed by atoms with Crippen LogP contribution in [0.15, 0.2) is 0 Å². The van der Waals surface area contributed by atoms with Gasteiger partial charge in [0.25, 0.3) is 0 Å². The van der Waals surface area contributed by atoms with E-state index in [9.17, 15) is 0 Å². The van der Waals surface area contributed by atoms with Crippen molar-refractivity contribution in [1.29, 1.82) is 0 Å². The molecule has 5 nitrogen and oxygen atoms in total. The van der Waals surface area contributed by atoms with Crippen molar-refractivity contribution in [2.45, 2.75) is 39.7 Å². The fourth-order valence-electron chi connectivity index (χ4n) is 2.04. The van der Waals surface area contributed by atoms with Crippen molar-refractivity contribution in [3.8, 4) is 0 Å². The lowest BCUT2D eigenvalue weighted by atomic mass is 10.2. The Kier molecular flexibility index (Phi) is 3.03. The second kappa shape index (κ2) is 4.31. The van der Waals surface area contributed by atoms with Gasteiger partial charge >= 0.3 is 0 Å². The van der Waals surface area contributed by atoms with E-state index in [4.69, 9.17) is 5.73 Å². The summed E-state index contributed by atoms with van der Waals surface area (Å²) in [5.74, 6) is 2.05. The number of hydrogen-bond acceptors (Lipinski definition) is 4. The number of nitrogen functional groups attached to an aromatic ring is 1. The molecule has 1 fully saturated rings. The van der Waals surface area contributed by atoms with Crippen LogP contribution in [-0.4, -0.2) is 27.9 Å². The average molecular weight is 223 g/mol. The first-order valence-electron chi connectivity index (χ1n) is 6.14. The topological polar surface area (TPSA) is 60.0 Å². The summed E-state index contributed by atoms with van der Waals surface area (Å²) in [4.78, 5) is 6.46. The molecule has 0 amide bonds. The van der Waals surface area contributed by atoms with E-state index in [1.54, 1.807) is 0 Å². The first kappa shape index (κ1) is 11.2. The molecule has 2 rings (SSSR count). The van der Waals surface area contributed by atoms with Gasteiger partial charge in [-0.3, -0.25) is 0 Å². The number of rotatable bonds is 5. The molecule has 90 valence electrons. The molecule has 0 bridgehead atoms. The van der Waals surface area contributed by atoms with Crippen molar-refractivity contribution in [3.05, 3.63) is 0 Å². The molecule has 2 N–H and O–H groups in total. The lowest BCUT2D eigenvalue weighted by molar-refractivity contribution is 0.445. The molecule has 0 aliphatic heterocycles. The van der Waals surface area contributed by atoms with Crippen LogP contribution in [0.2, 0.25) is 0 Å². The third kappa shape index (κ3) is 1.99. The van der Waals surface area contributed by atoms with Gasteiger partial charge in [-0.05, 0) is 39.5 Å². The minimum atomic E-state index is 0.386. The van der Waals surface area contributed by atoms with Crippen molar-refractivity contribution < 1.29 is 0 Å². The summed E-state index contributed by atoms with van der Waals surface area (Å²) in [6.07, 6.45) is 2.59. The fraction of sp³-hybridized carbons (Fsp3) is 0.818. The Bertz CT molecular complexity index is 351. The van der Waals surface area contributed by atoms with Gasteiger partial charge in [0.15, 0.2) is 0 Å². The quantitative estimate of drug-likeness (QED) is 0.825. The summed E-state index contributed by atoms with van der Waals surface area (Å²) in [5, 5.41) is 4.52. The Balaban J connectivity index is 2.19. The molecule has 1 aromatic heterocycles. The van der Waals surface area contributed by atoms with Crippen LogP contribution in [0.5, 0.6) is 0 Å². The molecule has 1 saturated carbocycles. The molecule has 1 aliphatic carbocycles. The van der Waals surface area contributed by atoms with Crippen molar-refractivity contribution in [3.63, 3.8) is 0 Å². The van der Waals surface area contributed by atoms with E-state index in [0.29, 0.717) is 12.0 Å². The molecular weight excluding hydrogens is 202 g/mol. The maximum atomic E-state index is 5.92. The summed E-state index contributed by atoms with van der Waals surface area (Å²) in [6.45, 7) is 8.21. The highest BCUT2D eigenvalue weighted by atomic mass is 15.5. The smallest absolute Gasteiger partial charge is 0.246 e. The van der Waals surface area contributed by atoms with Gasteiger partial charge in [-0.2, -0.15) is 4.98 Å². The first-order chi connectivity index (χ1) is 7.67. The van der Waals surface area contributed by atoms with Crippen LogP contribution in [0.1, 0.15) is 39.7 Å². The van der Waals surface area contributed by atoms with E-state index in [1.165, 1.54) is 12.8 Å². The van der Waals surface area contributed by atoms with Gasteiger partial charge < -0.3 is 10.6 Å². The van der Waals surface area contributed by atoms with E-state index < -0.39 is 0 Å². The third-order valence-electron chi connectivity index (χ3n) is 3.38. The lowest BCUT2D eigenvalue weighted by Crippen LogP contribution is -2.23. The molecule has 0 aromatic carbocycles. The van der Waals surface area contributed by atoms with Crippen molar-refractivity contribution in [1.82, 2.24) is 14.8 Å². The number of anilines is 2. The first-order valence-corrected chi connectivity index (χ1v) is 6.14. The minimum Gasteiger partial charge on any atom is -0.368 e. The van der Waals surface area contributed by atoms with E-state index in [0.717, 1.165) is 25.0 Å². The van der Waals surface area contributed by atoms with Gasteiger partial charge in [0, 0.05) is 13.1 Å². The number of nitrogens with zero attached hydrogens (tertiary/aromatic N) is 4. The molecule has 0 saturated heterocycles. The second-order valence-electron chi connectivity index (χ2n) is 4.46. The van der Waals surface area contributed by atoms with Gasteiger partial charge in [-0.25, -0.2) is 4.68 Å². The Morgan fingerprint density at radius 1 is 1.44 bits per heavy atom. The summed E-state index contributed by atoms with van der Waals surface area (Å²) < 4.78 is 1.88. The molecule has 16 heavy (non-hydrogen) atoms. The van der Waals surface area contributed by atoms with Crippen LogP contribution in [0, 0.1) is 5.92 Å². The van der Waals surface area contributed by atoms with Gasteiger partial charge in [-0.1, -0.05) is 0 Å². The third-order valence-corrected chi connectivity index (χ3v) is 3.38. The van der Waals surface area contributed by atoms with Gasteiger partial charge in [0.2, 0.25) is 11.9 Å². The number of hydrogen-bond donors (Lipinski definition) is 1. The van der Waals surface area contributed by atoms with E-state index in [-0.39, 0.29) is 0 Å². The fourth-order valence-corrected chi connectivity index (χ4v) is 2.04. The molecule has 1 heterocycles. The van der Waals surface area contributed by atoms with Gasteiger partial charge in [0.1, 0.15) is 0 Å². The SMILES string of the molecule is CCN(CC)c1nc(N)n(C(C)C2CC2)n1. The molecular formula is C11H21N5. The summed E-state index contributed by atoms with van der Waals surface area (Å²) >= 11 is 0. The molecule has 0 radical (unpaired) electrons. The van der Waals surface area contributed by atoms with Crippen molar-refractivity contribution >= 4 is 11.9 Å². The Hall–Kier alpha value is -1.26. The zero-order valence-corrected chi connectivity index (χ0v) is 10.3. The lowest BCUT2D eigenvalue weighted by Gasteiger charge is -2.15. The zero-order valence-electron chi connectivity index (χ0n) is 10.3. The summed E-state index contributed by atoms with van der Waals surface area (Å²) in [5.41, 5.74) is 5.92. The number of aromatic nitrogens is 3. The van der Waals surface area contributed by atoms with E-state index >= 15 is 0 Å². The highest BCUT2D eigenvalue weighted by Gasteiger charge is 2.31. The zero-order chi connectivity index (χ0) is 11.7. The van der Waals surface area contributed by atoms with E-state index in [2.05, 4.69) is 35.8 Å². The maximum absolute atomic E-state index is 5.92. The van der Waals surface area contributed by atoms with Crippen molar-refractivity contribution in [2.75, 3.05) is 23.7 Å². The molecule has 5 heteroatoms. The maximum Gasteiger partial charge on any atom is 0.246 e. The normalized spacial score (nSPS) is 17.4. The van der Waals surface area contributed by atoms with Crippen LogP contribution in [0.4, 0.5) is 11.9 Å². The molecule has 0 spiro atoms. The minimum absolute atomic E-state index is 0.386. The average Bonchev–Trinajstić information content (AvgIpc) is 3.04. The van der Waals surface area contributed by atoms with Crippen LogP contribution in [0.25, 0.3) is 0 Å². The Morgan fingerprint density at radius 2 is 2.06 bits per heavy atom. The molecule has 1 unspecified atom stereocenters. The molecule has 1 aromatic rings. The second-order valence-corrected chi connectivity index (χ2v) is 4.46. The van der Waals surface area contributed by atoms with E-state index in [1.807, 2.05) is 4.68 Å². The largest absolute Gasteiger partial charge is 0.368 e. The summed E-state index contributed by atoms with van der Waals surface area (Å²) in [6, 6.07) is 0.386. The van der Waals surface area contributed by atoms with Gasteiger partial charge in [-0.15, -0.1) is 5.10 Å². The predicted molar refractivity (Wildman–Crippen MR) is 65.4 cm³/mol. The standard InChI is InChI=1S/C11H21N5/c1-4-15(5-2)11-13-10(12)16(14-11)8(3)9-6-7-9/h8-9H,4-7H2,1-3H3,(H2,12,13,14). The molecule has 1 aliphatic rings. The predicted octanol–water partition coefficient (Wildman–Crippen LogP) is 1.68. The van der Waals surface area contributed by atoms with Crippen LogP contribution in [-0.2, 0) is 0 Å². The van der Waals surface area contributed by atoms with Crippen LogP contribution >= 0.6 is 0 Å².